The molecule has 0 aromatic heterocycles. The lowest BCUT2D eigenvalue weighted by Crippen LogP contribution is -2.58. The van der Waals surface area contributed by atoms with Crippen molar-refractivity contribution in [2.24, 2.45) is 5.92 Å². The fourth-order valence-corrected chi connectivity index (χ4v) is 4.93. The highest BCUT2D eigenvalue weighted by Gasteiger charge is 2.34. The minimum absolute atomic E-state index is 0.289. The highest BCUT2D eigenvalue weighted by Crippen LogP contribution is 2.24. The molecule has 3 aliphatic heterocycles. The second-order valence-corrected chi connectivity index (χ2v) is 8.39. The topological polar surface area (TPSA) is 45.2 Å². The molecule has 0 aliphatic carbocycles. The van der Waals surface area contributed by atoms with E-state index in [9.17, 15) is 0 Å². The molecule has 2 N–H and O–H groups in total. The van der Waals surface area contributed by atoms with Gasteiger partial charge < -0.3 is 20.2 Å². The number of nitrogens with zero attached hydrogens (tertiary/aromatic N) is 4. The third kappa shape index (κ3) is 5.37. The monoisotopic (exact) mass is 353 g/mol. The molecule has 0 aromatic rings. The summed E-state index contributed by atoms with van der Waals surface area (Å²) in [5.74, 6) is 0.787. The Kier molecular flexibility index (Phi) is 7.51. The molecular weight excluding hydrogens is 314 g/mol. The number of hydrogen-bond acceptors (Lipinski definition) is 6. The summed E-state index contributed by atoms with van der Waals surface area (Å²) in [5.41, 5.74) is 0. The van der Waals surface area contributed by atoms with Crippen molar-refractivity contribution in [1.82, 2.24) is 24.9 Å². The lowest BCUT2D eigenvalue weighted by atomic mass is 9.88. The molecule has 25 heavy (non-hydrogen) atoms. The van der Waals surface area contributed by atoms with Gasteiger partial charge in [-0.15, -0.1) is 0 Å². The first-order chi connectivity index (χ1) is 12.2. The molecule has 0 saturated carbocycles. The molecule has 3 heterocycles. The van der Waals surface area contributed by atoms with Crippen LogP contribution in [0.25, 0.3) is 0 Å². The first kappa shape index (κ1) is 19.5. The number of aliphatic hydroxyl groups is 1. The van der Waals surface area contributed by atoms with Crippen LogP contribution in [-0.2, 0) is 0 Å². The van der Waals surface area contributed by atoms with Crippen LogP contribution >= 0.6 is 0 Å². The van der Waals surface area contributed by atoms with Crippen molar-refractivity contribution in [3.8, 4) is 0 Å². The molecule has 2 atom stereocenters. The summed E-state index contributed by atoms with van der Waals surface area (Å²) in [4.78, 5) is 10.2. The summed E-state index contributed by atoms with van der Waals surface area (Å²) in [6, 6.07) is 1.43. The van der Waals surface area contributed by atoms with Crippen molar-refractivity contribution >= 4 is 0 Å². The van der Waals surface area contributed by atoms with E-state index in [0.717, 1.165) is 51.2 Å². The van der Waals surface area contributed by atoms with E-state index in [1.165, 1.54) is 45.4 Å². The summed E-state index contributed by atoms with van der Waals surface area (Å²) < 4.78 is 0. The van der Waals surface area contributed by atoms with Gasteiger partial charge in [0.05, 0.1) is 6.61 Å². The van der Waals surface area contributed by atoms with Gasteiger partial charge >= 0.3 is 0 Å². The molecule has 3 aliphatic rings. The highest BCUT2D eigenvalue weighted by atomic mass is 16.3. The maximum atomic E-state index is 9.11. The summed E-state index contributed by atoms with van der Waals surface area (Å²) in [5, 5.41) is 12.8. The van der Waals surface area contributed by atoms with Gasteiger partial charge in [0.25, 0.3) is 0 Å². The zero-order valence-electron chi connectivity index (χ0n) is 16.4. The minimum atomic E-state index is 0.289. The molecule has 0 radical (unpaired) electrons. The van der Waals surface area contributed by atoms with Crippen LogP contribution in [-0.4, -0.2) is 123 Å². The highest BCUT2D eigenvalue weighted by molar-refractivity contribution is 4.91. The van der Waals surface area contributed by atoms with Gasteiger partial charge in [0.2, 0.25) is 0 Å². The number of likely N-dealkylation sites (N-methyl/N-ethyl adjacent to an activating group) is 1. The number of β-amino-alcohol motifs (C(OH)–C–C–N with tert-alkyl or cyclic N) is 1. The molecule has 3 saturated heterocycles. The van der Waals surface area contributed by atoms with Crippen LogP contribution in [0.4, 0.5) is 0 Å². The van der Waals surface area contributed by atoms with Crippen molar-refractivity contribution in [2.75, 3.05) is 86.1 Å². The Morgan fingerprint density at radius 2 is 1.68 bits per heavy atom. The van der Waals surface area contributed by atoms with E-state index in [0.29, 0.717) is 6.04 Å². The Morgan fingerprint density at radius 1 is 1.00 bits per heavy atom. The first-order valence-corrected chi connectivity index (χ1v) is 10.3. The Balaban J connectivity index is 1.50. The second-order valence-electron chi connectivity index (χ2n) is 8.39. The fraction of sp³-hybridized carbons (Fsp3) is 1.00. The molecule has 3 rings (SSSR count). The van der Waals surface area contributed by atoms with Crippen molar-refractivity contribution < 1.29 is 5.11 Å². The van der Waals surface area contributed by atoms with Gasteiger partial charge in [-0.3, -0.25) is 9.80 Å². The maximum Gasteiger partial charge on any atom is 0.0558 e. The predicted molar refractivity (Wildman–Crippen MR) is 103 cm³/mol. The zero-order valence-corrected chi connectivity index (χ0v) is 16.4. The van der Waals surface area contributed by atoms with E-state index in [4.69, 9.17) is 5.11 Å². The molecule has 0 bridgehead atoms. The van der Waals surface area contributed by atoms with Crippen LogP contribution in [0.1, 0.15) is 19.3 Å². The van der Waals surface area contributed by atoms with Gasteiger partial charge in [0.15, 0.2) is 0 Å². The SMILES string of the molecule is CN1CCC(N(C)C2CNCCC2CN2CCN(CCO)CC2)CC1. The summed E-state index contributed by atoms with van der Waals surface area (Å²) in [7, 11) is 4.62. The Morgan fingerprint density at radius 3 is 2.36 bits per heavy atom. The van der Waals surface area contributed by atoms with Crippen LogP contribution in [0, 0.1) is 5.92 Å². The quantitative estimate of drug-likeness (QED) is 0.678. The summed E-state index contributed by atoms with van der Waals surface area (Å²) >= 11 is 0. The Hall–Kier alpha value is -0.240. The van der Waals surface area contributed by atoms with Gasteiger partial charge in [-0.1, -0.05) is 0 Å². The van der Waals surface area contributed by atoms with Crippen LogP contribution in [0.2, 0.25) is 0 Å². The maximum absolute atomic E-state index is 9.11. The van der Waals surface area contributed by atoms with E-state index in [1.54, 1.807) is 0 Å². The predicted octanol–water partition coefficient (Wildman–Crippen LogP) is -0.400. The summed E-state index contributed by atoms with van der Waals surface area (Å²) in [6.45, 7) is 11.7. The van der Waals surface area contributed by atoms with Crippen LogP contribution in [0.3, 0.4) is 0 Å². The van der Waals surface area contributed by atoms with Gasteiger partial charge in [-0.05, 0) is 58.9 Å². The van der Waals surface area contributed by atoms with Crippen LogP contribution < -0.4 is 5.32 Å². The van der Waals surface area contributed by atoms with E-state index >= 15 is 0 Å². The third-order valence-electron chi connectivity index (χ3n) is 6.75. The number of likely N-dealkylation sites (tertiary alicyclic amines) is 1. The number of aliphatic hydroxyl groups excluding tert-OH is 1. The van der Waals surface area contributed by atoms with E-state index in [-0.39, 0.29) is 6.61 Å². The van der Waals surface area contributed by atoms with Crippen LogP contribution in [0.15, 0.2) is 0 Å². The van der Waals surface area contributed by atoms with Crippen molar-refractivity contribution in [3.05, 3.63) is 0 Å². The lowest BCUT2D eigenvalue weighted by Gasteiger charge is -2.46. The standard InChI is InChI=1S/C19H39N5O/c1-21-7-4-18(5-8-21)22(2)19-15-20-6-3-17(19)16-24-11-9-23(10-12-24)13-14-25/h17-20,25H,3-16H2,1-2H3. The van der Waals surface area contributed by atoms with Crippen molar-refractivity contribution in [2.45, 2.75) is 31.3 Å². The van der Waals surface area contributed by atoms with E-state index in [1.807, 2.05) is 0 Å². The first-order valence-electron chi connectivity index (χ1n) is 10.3. The van der Waals surface area contributed by atoms with Gasteiger partial charge in [0.1, 0.15) is 0 Å². The Bertz CT molecular complexity index is 380. The van der Waals surface area contributed by atoms with E-state index < -0.39 is 0 Å². The molecule has 0 spiro atoms. The Labute approximate surface area is 154 Å². The number of piperidine rings is 2. The van der Waals surface area contributed by atoms with Gasteiger partial charge in [0, 0.05) is 57.9 Å². The van der Waals surface area contributed by atoms with Gasteiger partial charge in [-0.2, -0.15) is 0 Å². The van der Waals surface area contributed by atoms with Crippen molar-refractivity contribution in [1.29, 1.82) is 0 Å². The fourth-order valence-electron chi connectivity index (χ4n) is 4.93. The second kappa shape index (κ2) is 9.62. The molecule has 0 amide bonds. The average molecular weight is 354 g/mol. The van der Waals surface area contributed by atoms with Crippen LogP contribution in [0.5, 0.6) is 0 Å². The smallest absolute Gasteiger partial charge is 0.0558 e. The molecule has 146 valence electrons. The number of rotatable bonds is 6. The third-order valence-corrected chi connectivity index (χ3v) is 6.75. The average Bonchev–Trinajstić information content (AvgIpc) is 2.64. The number of hydrogen-bond donors (Lipinski definition) is 2. The van der Waals surface area contributed by atoms with E-state index in [2.05, 4.69) is 39.0 Å². The molecule has 6 nitrogen and oxygen atoms in total. The molecule has 6 heteroatoms. The molecule has 3 fully saturated rings. The summed E-state index contributed by atoms with van der Waals surface area (Å²) in [6.07, 6.45) is 3.94. The largest absolute Gasteiger partial charge is 0.395 e. The normalized spacial score (nSPS) is 31.7. The minimum Gasteiger partial charge on any atom is -0.395 e. The van der Waals surface area contributed by atoms with Gasteiger partial charge in [-0.25, -0.2) is 0 Å². The lowest BCUT2D eigenvalue weighted by molar-refractivity contribution is 0.0371. The molecular formula is C19H39N5O. The number of nitrogens with one attached hydrogen (secondary N) is 1. The molecule has 2 unspecified atom stereocenters. The van der Waals surface area contributed by atoms with Crippen molar-refractivity contribution in [3.63, 3.8) is 0 Å². The number of piperazine rings is 1. The zero-order chi connectivity index (χ0) is 17.6. The molecule has 0 aromatic carbocycles.